The van der Waals surface area contributed by atoms with Crippen molar-refractivity contribution in [2.75, 3.05) is 0 Å². The third-order valence-electron chi connectivity index (χ3n) is 2.45. The average Bonchev–Trinajstić information content (AvgIpc) is 2.78. The summed E-state index contributed by atoms with van der Waals surface area (Å²) in [5.74, 6) is -2.12. The van der Waals surface area contributed by atoms with Gasteiger partial charge in [-0.15, -0.1) is 11.3 Å². The number of halogens is 2. The predicted molar refractivity (Wildman–Crippen MR) is 66.7 cm³/mol. The molecule has 0 fully saturated rings. The van der Waals surface area contributed by atoms with Crippen LogP contribution in [0.4, 0.5) is 14.5 Å². The van der Waals surface area contributed by atoms with E-state index in [4.69, 9.17) is 5.73 Å². The van der Waals surface area contributed by atoms with Gasteiger partial charge >= 0.3 is 5.69 Å². The highest BCUT2D eigenvalue weighted by Crippen LogP contribution is 2.35. The number of rotatable bonds is 3. The summed E-state index contributed by atoms with van der Waals surface area (Å²) >= 11 is 1.00. The fourth-order valence-electron chi connectivity index (χ4n) is 1.49. The van der Waals surface area contributed by atoms with E-state index in [1.54, 1.807) is 6.92 Å². The second-order valence-corrected chi connectivity index (χ2v) is 4.93. The van der Waals surface area contributed by atoms with Crippen LogP contribution in [0.5, 0.6) is 0 Å². The number of hydrogen-bond donors (Lipinski definition) is 1. The normalized spacial score (nSPS) is 12.4. The number of nitro benzene ring substituents is 1. The minimum Gasteiger partial charge on any atom is -0.323 e. The first-order valence-corrected chi connectivity index (χ1v) is 6.07. The second-order valence-electron chi connectivity index (χ2n) is 3.87. The van der Waals surface area contributed by atoms with E-state index >= 15 is 0 Å². The molecule has 2 aromatic rings. The molecule has 100 valence electrons. The van der Waals surface area contributed by atoms with Crippen LogP contribution in [0.25, 0.3) is 10.6 Å². The fraction of sp³-hybridized carbons (Fsp3) is 0.182. The van der Waals surface area contributed by atoms with Crippen molar-refractivity contribution < 1.29 is 13.7 Å². The van der Waals surface area contributed by atoms with Gasteiger partial charge in [0.05, 0.1) is 10.5 Å². The minimum atomic E-state index is -1.23. The largest absolute Gasteiger partial charge is 0.323 e. The van der Waals surface area contributed by atoms with Crippen molar-refractivity contribution >= 4 is 17.0 Å². The Labute approximate surface area is 110 Å². The molecular weight excluding hydrogens is 276 g/mol. The Morgan fingerprint density at radius 2 is 2.16 bits per heavy atom. The Bertz CT molecular complexity index is 643. The lowest BCUT2D eigenvalue weighted by atomic mass is 10.2. The molecule has 0 amide bonds. The molecule has 1 aromatic carbocycles. The zero-order valence-corrected chi connectivity index (χ0v) is 10.6. The van der Waals surface area contributed by atoms with Gasteiger partial charge in [-0.05, 0) is 13.0 Å². The Kier molecular flexibility index (Phi) is 3.54. The van der Waals surface area contributed by atoms with Crippen molar-refractivity contribution in [3.8, 4) is 10.6 Å². The van der Waals surface area contributed by atoms with Crippen LogP contribution < -0.4 is 5.73 Å². The van der Waals surface area contributed by atoms with Gasteiger partial charge in [0.2, 0.25) is 5.82 Å². The van der Waals surface area contributed by atoms with Crippen LogP contribution in [0.15, 0.2) is 18.3 Å². The summed E-state index contributed by atoms with van der Waals surface area (Å²) < 4.78 is 27.6. The molecule has 0 spiro atoms. The molecule has 1 atom stereocenters. The maximum absolute atomic E-state index is 13.9. The van der Waals surface area contributed by atoms with Crippen LogP contribution >= 0.6 is 11.3 Å². The molecule has 2 N–H and O–H groups in total. The van der Waals surface area contributed by atoms with Crippen LogP contribution in [-0.4, -0.2) is 9.91 Å². The zero-order chi connectivity index (χ0) is 14.2. The van der Waals surface area contributed by atoms with Gasteiger partial charge in [-0.25, -0.2) is 9.37 Å². The van der Waals surface area contributed by atoms with Gasteiger partial charge in [-0.2, -0.15) is 4.39 Å². The van der Waals surface area contributed by atoms with E-state index in [9.17, 15) is 18.9 Å². The van der Waals surface area contributed by atoms with Crippen LogP contribution in [-0.2, 0) is 0 Å². The zero-order valence-electron chi connectivity index (χ0n) is 9.76. The van der Waals surface area contributed by atoms with E-state index in [-0.39, 0.29) is 11.0 Å². The molecular formula is C11H9F2N3O2S. The molecule has 1 unspecified atom stereocenters. The molecule has 8 heteroatoms. The first kappa shape index (κ1) is 13.5. The summed E-state index contributed by atoms with van der Waals surface area (Å²) in [6.07, 6.45) is 1.41. The molecule has 0 aliphatic rings. The number of nitrogens with zero attached hydrogens (tertiary/aromatic N) is 2. The quantitative estimate of drug-likeness (QED) is 0.694. The molecule has 0 aliphatic carbocycles. The van der Waals surface area contributed by atoms with Gasteiger partial charge in [0.15, 0.2) is 0 Å². The topological polar surface area (TPSA) is 82.0 Å². The first-order chi connectivity index (χ1) is 8.91. The SMILES string of the molecule is CC(N)c1cnc(-c2c(F)ccc([N+](=O)[O-])c2F)s1. The van der Waals surface area contributed by atoms with E-state index < -0.39 is 27.8 Å². The van der Waals surface area contributed by atoms with Gasteiger partial charge in [-0.3, -0.25) is 10.1 Å². The molecule has 1 heterocycles. The van der Waals surface area contributed by atoms with Crippen LogP contribution in [0.3, 0.4) is 0 Å². The highest BCUT2D eigenvalue weighted by Gasteiger charge is 2.24. The van der Waals surface area contributed by atoms with E-state index in [2.05, 4.69) is 4.98 Å². The summed E-state index contributed by atoms with van der Waals surface area (Å²) in [4.78, 5) is 14.2. The Morgan fingerprint density at radius 1 is 1.47 bits per heavy atom. The van der Waals surface area contributed by atoms with Gasteiger partial charge < -0.3 is 5.73 Å². The molecule has 0 saturated carbocycles. The van der Waals surface area contributed by atoms with Crippen molar-refractivity contribution in [3.63, 3.8) is 0 Å². The van der Waals surface area contributed by atoms with E-state index in [1.165, 1.54) is 6.20 Å². The summed E-state index contributed by atoms with van der Waals surface area (Å²) in [7, 11) is 0. The van der Waals surface area contributed by atoms with Gasteiger partial charge in [0.1, 0.15) is 10.8 Å². The Morgan fingerprint density at radius 3 is 2.68 bits per heavy atom. The predicted octanol–water partition coefficient (Wildman–Crippen LogP) is 3.02. The van der Waals surface area contributed by atoms with Crippen LogP contribution in [0.2, 0.25) is 0 Å². The summed E-state index contributed by atoms with van der Waals surface area (Å²) in [5.41, 5.74) is 4.36. The van der Waals surface area contributed by atoms with Gasteiger partial charge in [0.25, 0.3) is 0 Å². The first-order valence-electron chi connectivity index (χ1n) is 5.26. The molecule has 1 aromatic heterocycles. The summed E-state index contributed by atoms with van der Waals surface area (Å²) in [6, 6.07) is 1.31. The van der Waals surface area contributed by atoms with Crippen molar-refractivity contribution in [2.45, 2.75) is 13.0 Å². The van der Waals surface area contributed by atoms with E-state index in [0.717, 1.165) is 23.5 Å². The van der Waals surface area contributed by atoms with Crippen LogP contribution in [0.1, 0.15) is 17.8 Å². The second kappa shape index (κ2) is 4.98. The maximum Gasteiger partial charge on any atom is 0.305 e. The highest BCUT2D eigenvalue weighted by molar-refractivity contribution is 7.15. The van der Waals surface area contributed by atoms with Crippen LogP contribution in [0, 0.1) is 21.7 Å². The smallest absolute Gasteiger partial charge is 0.305 e. The minimum absolute atomic E-state index is 0.0333. The molecule has 0 aliphatic heterocycles. The molecule has 19 heavy (non-hydrogen) atoms. The number of thiazole rings is 1. The molecule has 0 bridgehead atoms. The fourth-order valence-corrected chi connectivity index (χ4v) is 2.40. The molecule has 5 nitrogen and oxygen atoms in total. The van der Waals surface area contributed by atoms with Crippen molar-refractivity contribution in [2.24, 2.45) is 5.73 Å². The van der Waals surface area contributed by atoms with Gasteiger partial charge in [-0.1, -0.05) is 0 Å². The molecule has 2 rings (SSSR count). The number of aromatic nitrogens is 1. The maximum atomic E-state index is 13.9. The van der Waals surface area contributed by atoms with Crippen molar-refractivity contribution in [3.05, 3.63) is 45.0 Å². The summed E-state index contributed by atoms with van der Waals surface area (Å²) in [6.45, 7) is 1.71. The van der Waals surface area contributed by atoms with Crippen molar-refractivity contribution in [1.29, 1.82) is 0 Å². The standard InChI is InChI=1S/C11H9F2N3O2S/c1-5(14)8-4-15-11(19-8)9-6(12)2-3-7(10(9)13)16(17)18/h2-5H,14H2,1H3. The monoisotopic (exact) mass is 285 g/mol. The number of nitro groups is 1. The lowest BCUT2D eigenvalue weighted by molar-refractivity contribution is -0.387. The number of hydrogen-bond acceptors (Lipinski definition) is 5. The molecule has 0 saturated heterocycles. The molecule has 0 radical (unpaired) electrons. The number of benzene rings is 1. The number of nitrogens with two attached hydrogens (primary N) is 1. The lowest BCUT2D eigenvalue weighted by Crippen LogP contribution is -2.01. The average molecular weight is 285 g/mol. The Hall–Kier alpha value is -1.93. The highest BCUT2D eigenvalue weighted by atomic mass is 32.1. The Balaban J connectivity index is 2.60. The van der Waals surface area contributed by atoms with Gasteiger partial charge in [0, 0.05) is 23.2 Å². The van der Waals surface area contributed by atoms with E-state index in [0.29, 0.717) is 4.88 Å². The van der Waals surface area contributed by atoms with Crippen molar-refractivity contribution in [1.82, 2.24) is 4.98 Å². The third kappa shape index (κ3) is 2.45. The third-order valence-corrected chi connectivity index (χ3v) is 3.67. The summed E-state index contributed by atoms with van der Waals surface area (Å²) in [5, 5.41) is 10.7. The van der Waals surface area contributed by atoms with E-state index in [1.807, 2.05) is 0 Å². The lowest BCUT2D eigenvalue weighted by Gasteiger charge is -2.02.